The van der Waals surface area contributed by atoms with Crippen molar-refractivity contribution < 1.29 is 4.79 Å². The summed E-state index contributed by atoms with van der Waals surface area (Å²) in [7, 11) is 2.18. The number of piperazine rings is 1. The maximum absolute atomic E-state index is 11.7. The molecule has 1 saturated heterocycles. The van der Waals surface area contributed by atoms with E-state index in [0.717, 1.165) is 25.1 Å². The Hall–Kier alpha value is -1.59. The number of carbonyl (C=O) groups excluding carboxylic acids is 1. The number of nitrogens with one attached hydrogen (secondary N) is 2. The Labute approximate surface area is 133 Å². The first-order valence-electron chi connectivity index (χ1n) is 8.25. The van der Waals surface area contributed by atoms with Crippen LogP contribution in [0.25, 0.3) is 0 Å². The van der Waals surface area contributed by atoms with Gasteiger partial charge in [-0.25, -0.2) is 4.79 Å². The molecule has 1 fully saturated rings. The largest absolute Gasteiger partial charge is 0.338 e. The molecule has 5 nitrogen and oxygen atoms in total. The van der Waals surface area contributed by atoms with Gasteiger partial charge in [0.2, 0.25) is 0 Å². The third kappa shape index (κ3) is 6.45. The highest BCUT2D eigenvalue weighted by Gasteiger charge is 2.12. The van der Waals surface area contributed by atoms with Crippen LogP contribution in [0, 0.1) is 0 Å². The van der Waals surface area contributed by atoms with E-state index >= 15 is 0 Å². The Morgan fingerprint density at radius 3 is 2.50 bits per heavy atom. The summed E-state index contributed by atoms with van der Waals surface area (Å²) in [6.45, 7) is 6.66. The van der Waals surface area contributed by atoms with Gasteiger partial charge in [-0.15, -0.1) is 0 Å². The first-order chi connectivity index (χ1) is 10.7. The van der Waals surface area contributed by atoms with Crippen molar-refractivity contribution in [3.05, 3.63) is 30.3 Å². The number of nitrogens with zero attached hydrogens (tertiary/aromatic N) is 2. The minimum atomic E-state index is -0.120. The summed E-state index contributed by atoms with van der Waals surface area (Å²) < 4.78 is 0. The van der Waals surface area contributed by atoms with Crippen LogP contribution >= 0.6 is 0 Å². The van der Waals surface area contributed by atoms with E-state index in [1.165, 1.54) is 39.1 Å². The van der Waals surface area contributed by atoms with Gasteiger partial charge in [0, 0.05) is 38.4 Å². The third-order valence-corrected chi connectivity index (χ3v) is 4.06. The van der Waals surface area contributed by atoms with Crippen molar-refractivity contribution >= 4 is 11.7 Å². The summed E-state index contributed by atoms with van der Waals surface area (Å²) in [6, 6.07) is 9.40. The summed E-state index contributed by atoms with van der Waals surface area (Å²) in [5.74, 6) is 0. The average molecular weight is 304 g/mol. The fourth-order valence-corrected chi connectivity index (χ4v) is 2.61. The lowest BCUT2D eigenvalue weighted by atomic mass is 10.2. The summed E-state index contributed by atoms with van der Waals surface area (Å²) in [5, 5.41) is 5.73. The van der Waals surface area contributed by atoms with Crippen LogP contribution in [0.3, 0.4) is 0 Å². The normalized spacial score (nSPS) is 16.4. The Kier molecular flexibility index (Phi) is 7.19. The van der Waals surface area contributed by atoms with Gasteiger partial charge in [-0.3, -0.25) is 0 Å². The Bertz CT molecular complexity index is 430. The predicted molar refractivity (Wildman–Crippen MR) is 91.3 cm³/mol. The smallest absolute Gasteiger partial charge is 0.319 e. The van der Waals surface area contributed by atoms with Crippen molar-refractivity contribution in [2.45, 2.75) is 19.3 Å². The minimum Gasteiger partial charge on any atom is -0.338 e. The fourth-order valence-electron chi connectivity index (χ4n) is 2.61. The van der Waals surface area contributed by atoms with Gasteiger partial charge in [0.25, 0.3) is 0 Å². The quantitative estimate of drug-likeness (QED) is 0.760. The van der Waals surface area contributed by atoms with Crippen LogP contribution in [0.2, 0.25) is 0 Å². The van der Waals surface area contributed by atoms with Gasteiger partial charge in [0.05, 0.1) is 0 Å². The van der Waals surface area contributed by atoms with E-state index in [0.29, 0.717) is 0 Å². The van der Waals surface area contributed by atoms with Crippen LogP contribution in [0.5, 0.6) is 0 Å². The second-order valence-electron chi connectivity index (χ2n) is 5.95. The van der Waals surface area contributed by atoms with Crippen molar-refractivity contribution in [2.24, 2.45) is 0 Å². The summed E-state index contributed by atoms with van der Waals surface area (Å²) in [4.78, 5) is 16.6. The lowest BCUT2D eigenvalue weighted by Crippen LogP contribution is -2.44. The maximum atomic E-state index is 11.7. The second kappa shape index (κ2) is 9.43. The number of likely N-dealkylation sites (N-methyl/N-ethyl adjacent to an activating group) is 1. The van der Waals surface area contributed by atoms with Crippen LogP contribution < -0.4 is 10.6 Å². The standard InChI is InChI=1S/C17H28N4O/c1-20-12-14-21(15-13-20)11-7-3-6-10-18-17(22)19-16-8-4-2-5-9-16/h2,4-5,8-9H,3,6-7,10-15H2,1H3,(H2,18,19,22). The van der Waals surface area contributed by atoms with Gasteiger partial charge in [-0.2, -0.15) is 0 Å². The topological polar surface area (TPSA) is 47.6 Å². The number of benzene rings is 1. The number of unbranched alkanes of at least 4 members (excludes halogenated alkanes) is 2. The SMILES string of the molecule is CN1CCN(CCCCCNC(=O)Nc2ccccc2)CC1. The molecule has 22 heavy (non-hydrogen) atoms. The molecular formula is C17H28N4O. The van der Waals surface area contributed by atoms with E-state index in [-0.39, 0.29) is 6.03 Å². The van der Waals surface area contributed by atoms with Gasteiger partial charge in [0.15, 0.2) is 0 Å². The van der Waals surface area contributed by atoms with Crippen LogP contribution in [0.15, 0.2) is 30.3 Å². The molecule has 1 aromatic carbocycles. The van der Waals surface area contributed by atoms with E-state index in [2.05, 4.69) is 27.5 Å². The van der Waals surface area contributed by atoms with Crippen LogP contribution in [0.1, 0.15) is 19.3 Å². The third-order valence-electron chi connectivity index (χ3n) is 4.06. The number of carbonyl (C=O) groups is 1. The number of anilines is 1. The Morgan fingerprint density at radius 1 is 1.05 bits per heavy atom. The van der Waals surface area contributed by atoms with Crippen LogP contribution in [-0.2, 0) is 0 Å². The van der Waals surface area contributed by atoms with Crippen molar-refractivity contribution in [1.29, 1.82) is 0 Å². The van der Waals surface area contributed by atoms with E-state index in [1.807, 2.05) is 30.3 Å². The molecule has 2 rings (SSSR count). The molecule has 1 aromatic rings. The molecule has 0 radical (unpaired) electrons. The molecule has 122 valence electrons. The van der Waals surface area contributed by atoms with Gasteiger partial charge < -0.3 is 20.4 Å². The highest BCUT2D eigenvalue weighted by Crippen LogP contribution is 2.05. The zero-order valence-corrected chi connectivity index (χ0v) is 13.6. The highest BCUT2D eigenvalue weighted by atomic mass is 16.2. The Morgan fingerprint density at radius 2 is 1.77 bits per heavy atom. The molecule has 2 N–H and O–H groups in total. The number of rotatable bonds is 7. The first kappa shape index (κ1) is 16.8. The minimum absolute atomic E-state index is 0.120. The maximum Gasteiger partial charge on any atom is 0.319 e. The van der Waals surface area contributed by atoms with Gasteiger partial charge in [0.1, 0.15) is 0 Å². The van der Waals surface area contributed by atoms with E-state index in [4.69, 9.17) is 0 Å². The monoisotopic (exact) mass is 304 g/mol. The molecule has 2 amide bonds. The fraction of sp³-hybridized carbons (Fsp3) is 0.588. The number of para-hydroxylation sites is 1. The molecule has 1 aliphatic heterocycles. The molecule has 5 heteroatoms. The average Bonchev–Trinajstić information content (AvgIpc) is 2.53. The summed E-state index contributed by atoms with van der Waals surface area (Å²) in [5.41, 5.74) is 0.829. The molecule has 0 unspecified atom stereocenters. The molecule has 0 atom stereocenters. The van der Waals surface area contributed by atoms with Gasteiger partial charge in [-0.05, 0) is 38.6 Å². The molecular weight excluding hydrogens is 276 g/mol. The molecule has 1 aliphatic rings. The molecule has 0 saturated carbocycles. The molecule has 1 heterocycles. The van der Waals surface area contributed by atoms with E-state index in [1.54, 1.807) is 0 Å². The zero-order chi connectivity index (χ0) is 15.6. The zero-order valence-electron chi connectivity index (χ0n) is 13.6. The lowest BCUT2D eigenvalue weighted by molar-refractivity contribution is 0.152. The second-order valence-corrected chi connectivity index (χ2v) is 5.95. The number of amides is 2. The number of hydrogen-bond donors (Lipinski definition) is 2. The number of urea groups is 1. The van der Waals surface area contributed by atoms with Crippen LogP contribution in [0.4, 0.5) is 10.5 Å². The van der Waals surface area contributed by atoms with Crippen molar-refractivity contribution in [1.82, 2.24) is 15.1 Å². The van der Waals surface area contributed by atoms with Gasteiger partial charge >= 0.3 is 6.03 Å². The predicted octanol–water partition coefficient (Wildman–Crippen LogP) is 2.23. The molecule has 0 aromatic heterocycles. The van der Waals surface area contributed by atoms with E-state index in [9.17, 15) is 4.79 Å². The lowest BCUT2D eigenvalue weighted by Gasteiger charge is -2.32. The van der Waals surface area contributed by atoms with Crippen molar-refractivity contribution in [2.75, 3.05) is 51.6 Å². The van der Waals surface area contributed by atoms with Crippen molar-refractivity contribution in [3.8, 4) is 0 Å². The van der Waals surface area contributed by atoms with Gasteiger partial charge in [-0.1, -0.05) is 24.6 Å². The first-order valence-corrected chi connectivity index (χ1v) is 8.25. The highest BCUT2D eigenvalue weighted by molar-refractivity contribution is 5.89. The van der Waals surface area contributed by atoms with E-state index < -0.39 is 0 Å². The number of hydrogen-bond acceptors (Lipinski definition) is 3. The molecule has 0 aliphatic carbocycles. The summed E-state index contributed by atoms with van der Waals surface area (Å²) in [6.07, 6.45) is 3.42. The summed E-state index contributed by atoms with van der Waals surface area (Å²) >= 11 is 0. The van der Waals surface area contributed by atoms with Crippen molar-refractivity contribution in [3.63, 3.8) is 0 Å². The molecule has 0 bridgehead atoms. The molecule has 0 spiro atoms. The Balaban J connectivity index is 1.46. The van der Waals surface area contributed by atoms with Crippen LogP contribution in [-0.4, -0.2) is 62.1 Å².